The summed E-state index contributed by atoms with van der Waals surface area (Å²) in [7, 11) is 0. The van der Waals surface area contributed by atoms with Crippen LogP contribution in [0.15, 0.2) is 15.9 Å². The summed E-state index contributed by atoms with van der Waals surface area (Å²) in [6.07, 6.45) is 4.83. The molecule has 0 radical (unpaired) electrons. The Bertz CT molecular complexity index is 342. The first-order valence-corrected chi connectivity index (χ1v) is 6.93. The molecule has 0 N–H and O–H groups in total. The van der Waals surface area contributed by atoms with Crippen molar-refractivity contribution >= 4 is 33.2 Å². The average molecular weight is 288 g/mol. The molecule has 1 aromatic heterocycles. The van der Waals surface area contributed by atoms with Crippen LogP contribution in [0.4, 0.5) is 0 Å². The quantitative estimate of drug-likeness (QED) is 0.774. The molecule has 0 unspecified atom stereocenters. The highest BCUT2D eigenvalue weighted by Gasteiger charge is 2.18. The van der Waals surface area contributed by atoms with Crippen LogP contribution in [0.1, 0.15) is 35.4 Å². The second-order valence-electron chi connectivity index (χ2n) is 3.81. The van der Waals surface area contributed by atoms with Gasteiger partial charge in [-0.1, -0.05) is 12.8 Å². The van der Waals surface area contributed by atoms with E-state index in [1.54, 1.807) is 0 Å². The predicted octanol–water partition coefficient (Wildman–Crippen LogP) is 3.53. The van der Waals surface area contributed by atoms with Gasteiger partial charge in [-0.05, 0) is 40.9 Å². The van der Waals surface area contributed by atoms with E-state index in [0.29, 0.717) is 0 Å². The van der Waals surface area contributed by atoms with Crippen LogP contribution < -0.4 is 0 Å². The Labute approximate surface area is 102 Å². The summed E-state index contributed by atoms with van der Waals surface area (Å²) >= 11 is 4.91. The van der Waals surface area contributed by atoms with Gasteiger partial charge in [-0.2, -0.15) is 0 Å². The topological polar surface area (TPSA) is 20.3 Å². The molecule has 1 saturated heterocycles. The first-order valence-electron chi connectivity index (χ1n) is 5.32. The Hall–Kier alpha value is -0.350. The number of likely N-dealkylation sites (tertiary alicyclic amines) is 1. The normalized spacial score (nSPS) is 17.5. The fourth-order valence-corrected chi connectivity index (χ4v) is 3.21. The van der Waals surface area contributed by atoms with E-state index in [2.05, 4.69) is 15.9 Å². The van der Waals surface area contributed by atoms with E-state index in [1.807, 2.05) is 17.0 Å². The van der Waals surface area contributed by atoms with E-state index in [-0.39, 0.29) is 5.91 Å². The highest BCUT2D eigenvalue weighted by atomic mass is 79.9. The Morgan fingerprint density at radius 3 is 2.40 bits per heavy atom. The van der Waals surface area contributed by atoms with E-state index < -0.39 is 0 Å². The van der Waals surface area contributed by atoms with Crippen LogP contribution in [0.3, 0.4) is 0 Å². The van der Waals surface area contributed by atoms with Crippen molar-refractivity contribution < 1.29 is 4.79 Å². The van der Waals surface area contributed by atoms with E-state index in [0.717, 1.165) is 34.6 Å². The zero-order chi connectivity index (χ0) is 10.7. The molecule has 1 fully saturated rings. The average Bonchev–Trinajstić information content (AvgIpc) is 2.53. The summed E-state index contributed by atoms with van der Waals surface area (Å²) < 4.78 is 1.03. The first kappa shape index (κ1) is 11.1. The van der Waals surface area contributed by atoms with E-state index in [4.69, 9.17) is 0 Å². The van der Waals surface area contributed by atoms with Crippen molar-refractivity contribution in [1.82, 2.24) is 4.90 Å². The lowest BCUT2D eigenvalue weighted by molar-refractivity contribution is 0.0766. The number of thiophene rings is 1. The molecular weight excluding hydrogens is 274 g/mol. The lowest BCUT2D eigenvalue weighted by Gasteiger charge is -2.19. The summed E-state index contributed by atoms with van der Waals surface area (Å²) in [6, 6.07) is 3.84. The maximum atomic E-state index is 12.1. The fraction of sp³-hybridized carbons (Fsp3) is 0.545. The predicted molar refractivity (Wildman–Crippen MR) is 66.4 cm³/mol. The monoisotopic (exact) mass is 287 g/mol. The number of nitrogens with zero attached hydrogens (tertiary/aromatic N) is 1. The van der Waals surface area contributed by atoms with Crippen molar-refractivity contribution in [2.75, 3.05) is 13.1 Å². The number of amides is 1. The van der Waals surface area contributed by atoms with E-state index in [9.17, 15) is 4.79 Å². The van der Waals surface area contributed by atoms with Gasteiger partial charge in [0.15, 0.2) is 0 Å². The summed E-state index contributed by atoms with van der Waals surface area (Å²) in [6.45, 7) is 1.85. The van der Waals surface area contributed by atoms with Crippen LogP contribution in [-0.2, 0) is 0 Å². The van der Waals surface area contributed by atoms with Gasteiger partial charge < -0.3 is 4.90 Å². The van der Waals surface area contributed by atoms with Crippen LogP contribution in [0, 0.1) is 0 Å². The molecular formula is C11H14BrNOS. The molecule has 2 heterocycles. The van der Waals surface area contributed by atoms with Gasteiger partial charge in [-0.15, -0.1) is 11.3 Å². The molecule has 4 heteroatoms. The van der Waals surface area contributed by atoms with Crippen molar-refractivity contribution in [2.45, 2.75) is 25.7 Å². The lowest BCUT2D eigenvalue weighted by atomic mass is 10.2. The van der Waals surface area contributed by atoms with Crippen LogP contribution in [0.5, 0.6) is 0 Å². The number of hydrogen-bond acceptors (Lipinski definition) is 2. The molecule has 15 heavy (non-hydrogen) atoms. The van der Waals surface area contributed by atoms with Gasteiger partial charge in [0.05, 0.1) is 8.66 Å². The minimum Gasteiger partial charge on any atom is -0.338 e. The van der Waals surface area contributed by atoms with Gasteiger partial charge in [0, 0.05) is 13.1 Å². The molecule has 0 bridgehead atoms. The molecule has 0 saturated carbocycles. The molecule has 1 aromatic rings. The SMILES string of the molecule is O=C(c1ccc(Br)s1)N1CCCCCC1. The number of rotatable bonds is 1. The van der Waals surface area contributed by atoms with E-state index >= 15 is 0 Å². The van der Waals surface area contributed by atoms with Gasteiger partial charge in [0.25, 0.3) is 5.91 Å². The Balaban J connectivity index is 2.06. The van der Waals surface area contributed by atoms with Crippen molar-refractivity contribution in [1.29, 1.82) is 0 Å². The van der Waals surface area contributed by atoms with Crippen LogP contribution in [0.25, 0.3) is 0 Å². The molecule has 2 nitrogen and oxygen atoms in total. The van der Waals surface area contributed by atoms with Gasteiger partial charge in [-0.3, -0.25) is 4.79 Å². The van der Waals surface area contributed by atoms with Gasteiger partial charge >= 0.3 is 0 Å². The Kier molecular flexibility index (Phi) is 3.81. The molecule has 1 aliphatic heterocycles. The highest BCUT2D eigenvalue weighted by molar-refractivity contribution is 9.11. The van der Waals surface area contributed by atoms with Crippen LogP contribution in [0.2, 0.25) is 0 Å². The standard InChI is InChI=1S/C11H14BrNOS/c12-10-6-5-9(15-10)11(14)13-7-3-1-2-4-8-13/h5-6H,1-4,7-8H2. The minimum atomic E-state index is 0.201. The number of carbonyl (C=O) groups is 1. The lowest BCUT2D eigenvalue weighted by Crippen LogP contribution is -2.31. The van der Waals surface area contributed by atoms with E-state index in [1.165, 1.54) is 24.2 Å². The summed E-state index contributed by atoms with van der Waals surface area (Å²) in [4.78, 5) is 14.9. The molecule has 82 valence electrons. The highest BCUT2D eigenvalue weighted by Crippen LogP contribution is 2.24. The number of carbonyl (C=O) groups excluding carboxylic acids is 1. The second-order valence-corrected chi connectivity index (χ2v) is 6.27. The third-order valence-corrected chi connectivity index (χ3v) is 4.29. The molecule has 1 amide bonds. The van der Waals surface area contributed by atoms with Crippen LogP contribution in [-0.4, -0.2) is 23.9 Å². The van der Waals surface area contributed by atoms with Gasteiger partial charge in [-0.25, -0.2) is 0 Å². The van der Waals surface area contributed by atoms with Gasteiger partial charge in [0.1, 0.15) is 0 Å². The molecule has 0 spiro atoms. The Morgan fingerprint density at radius 1 is 1.20 bits per heavy atom. The first-order chi connectivity index (χ1) is 7.27. The maximum Gasteiger partial charge on any atom is 0.263 e. The Morgan fingerprint density at radius 2 is 1.87 bits per heavy atom. The largest absolute Gasteiger partial charge is 0.338 e. The van der Waals surface area contributed by atoms with Crippen molar-refractivity contribution in [2.24, 2.45) is 0 Å². The van der Waals surface area contributed by atoms with Gasteiger partial charge in [0.2, 0.25) is 0 Å². The maximum absolute atomic E-state index is 12.1. The summed E-state index contributed by atoms with van der Waals surface area (Å²) in [5, 5.41) is 0. The van der Waals surface area contributed by atoms with Crippen molar-refractivity contribution in [3.63, 3.8) is 0 Å². The third kappa shape index (κ3) is 2.82. The summed E-state index contributed by atoms with van der Waals surface area (Å²) in [5.41, 5.74) is 0. The van der Waals surface area contributed by atoms with Crippen LogP contribution >= 0.6 is 27.3 Å². The smallest absolute Gasteiger partial charge is 0.263 e. The minimum absolute atomic E-state index is 0.201. The zero-order valence-electron chi connectivity index (χ0n) is 8.54. The van der Waals surface area contributed by atoms with Crippen molar-refractivity contribution in [3.8, 4) is 0 Å². The second kappa shape index (κ2) is 5.12. The molecule has 1 aliphatic rings. The summed E-state index contributed by atoms with van der Waals surface area (Å²) in [5.74, 6) is 0.201. The zero-order valence-corrected chi connectivity index (χ0v) is 10.9. The molecule has 2 rings (SSSR count). The molecule has 0 atom stereocenters. The molecule has 0 aliphatic carbocycles. The number of halogens is 1. The van der Waals surface area contributed by atoms with Crippen molar-refractivity contribution in [3.05, 3.63) is 20.8 Å². The number of hydrogen-bond donors (Lipinski definition) is 0. The third-order valence-electron chi connectivity index (χ3n) is 2.68. The fourth-order valence-electron chi connectivity index (χ4n) is 1.86. The molecule has 0 aromatic carbocycles.